The van der Waals surface area contributed by atoms with Crippen LogP contribution < -0.4 is 0 Å². The third-order valence-electron chi connectivity index (χ3n) is 3.45. The van der Waals surface area contributed by atoms with E-state index in [-0.39, 0.29) is 5.78 Å². The molecule has 0 aliphatic rings. The largest absolute Gasteiger partial charge is 0.289 e. The fourth-order valence-electron chi connectivity index (χ4n) is 2.47. The second-order valence-electron chi connectivity index (χ2n) is 4.62. The van der Waals surface area contributed by atoms with E-state index in [1.807, 2.05) is 47.2 Å². The molecule has 0 atom stereocenters. The van der Waals surface area contributed by atoms with Gasteiger partial charge >= 0.3 is 0 Å². The molecule has 0 amide bonds. The molecule has 0 N–H and O–H groups in total. The van der Waals surface area contributed by atoms with E-state index in [0.717, 1.165) is 31.3 Å². The number of carbonyl (C=O) groups excluding carboxylic acids is 1. The Morgan fingerprint density at radius 3 is 2.70 bits per heavy atom. The van der Waals surface area contributed by atoms with E-state index in [0.29, 0.717) is 0 Å². The summed E-state index contributed by atoms with van der Waals surface area (Å²) in [5.41, 5.74) is 1.62. The minimum absolute atomic E-state index is 0.121. The van der Waals surface area contributed by atoms with E-state index in [9.17, 15) is 4.79 Å². The van der Waals surface area contributed by atoms with E-state index in [2.05, 4.69) is 12.1 Å². The summed E-state index contributed by atoms with van der Waals surface area (Å²) in [5, 5.41) is 6.20. The third kappa shape index (κ3) is 1.71. The zero-order chi connectivity index (χ0) is 13.5. The van der Waals surface area contributed by atoms with Crippen LogP contribution in [0.25, 0.3) is 20.2 Å². The lowest BCUT2D eigenvalue weighted by atomic mass is 10.0. The van der Waals surface area contributed by atoms with Crippen LogP contribution in [0.2, 0.25) is 0 Å². The molecule has 0 spiro atoms. The average molecular weight is 294 g/mol. The van der Waals surface area contributed by atoms with Crippen LogP contribution in [0, 0.1) is 0 Å². The molecule has 4 aromatic rings. The molecular formula is C17H10OS2. The van der Waals surface area contributed by atoms with Gasteiger partial charge in [-0.1, -0.05) is 30.3 Å². The average Bonchev–Trinajstić information content (AvgIpc) is 3.12. The van der Waals surface area contributed by atoms with Crippen molar-refractivity contribution >= 4 is 48.6 Å². The zero-order valence-electron chi connectivity index (χ0n) is 10.5. The zero-order valence-corrected chi connectivity index (χ0v) is 12.1. The van der Waals surface area contributed by atoms with E-state index in [1.54, 1.807) is 22.7 Å². The Balaban J connectivity index is 1.94. The topological polar surface area (TPSA) is 17.1 Å². The molecule has 0 aliphatic heterocycles. The number of hydrogen-bond acceptors (Lipinski definition) is 3. The Bertz CT molecular complexity index is 930. The molecule has 0 unspecified atom stereocenters. The summed E-state index contributed by atoms with van der Waals surface area (Å²) in [4.78, 5) is 12.8. The van der Waals surface area contributed by atoms with Crippen molar-refractivity contribution < 1.29 is 4.79 Å². The summed E-state index contributed by atoms with van der Waals surface area (Å²) >= 11 is 3.25. The van der Waals surface area contributed by atoms with E-state index >= 15 is 0 Å². The van der Waals surface area contributed by atoms with Crippen LogP contribution >= 0.6 is 22.7 Å². The first kappa shape index (κ1) is 11.8. The maximum Gasteiger partial charge on any atom is 0.195 e. The van der Waals surface area contributed by atoms with Crippen molar-refractivity contribution in [3.63, 3.8) is 0 Å². The first-order chi connectivity index (χ1) is 9.84. The van der Waals surface area contributed by atoms with Crippen LogP contribution in [-0.4, -0.2) is 5.78 Å². The third-order valence-corrected chi connectivity index (χ3v) is 5.38. The van der Waals surface area contributed by atoms with E-state index in [4.69, 9.17) is 0 Å². The van der Waals surface area contributed by atoms with Gasteiger partial charge in [0.2, 0.25) is 0 Å². The maximum absolute atomic E-state index is 12.8. The van der Waals surface area contributed by atoms with Gasteiger partial charge in [0.05, 0.1) is 0 Å². The fourth-order valence-corrected chi connectivity index (χ4v) is 4.32. The van der Waals surface area contributed by atoms with Gasteiger partial charge < -0.3 is 0 Å². The number of rotatable bonds is 2. The molecule has 2 heterocycles. The van der Waals surface area contributed by atoms with Gasteiger partial charge in [-0.3, -0.25) is 4.79 Å². The maximum atomic E-state index is 12.8. The molecule has 2 aromatic carbocycles. The standard InChI is InChI=1S/C17H10OS2/c18-16(13-6-3-4-11-8-9-19-17(11)13)14-10-20-15-7-2-1-5-12(14)15/h1-10H. The number of fused-ring (bicyclic) bond motifs is 2. The lowest BCUT2D eigenvalue weighted by Crippen LogP contribution is -2.00. The first-order valence-corrected chi connectivity index (χ1v) is 8.08. The highest BCUT2D eigenvalue weighted by molar-refractivity contribution is 7.18. The number of hydrogen-bond donors (Lipinski definition) is 0. The Morgan fingerprint density at radius 2 is 1.75 bits per heavy atom. The van der Waals surface area contributed by atoms with Gasteiger partial charge in [-0.05, 0) is 29.0 Å². The van der Waals surface area contributed by atoms with Crippen LogP contribution in [0.3, 0.4) is 0 Å². The summed E-state index contributed by atoms with van der Waals surface area (Å²) < 4.78 is 2.24. The molecular weight excluding hydrogens is 284 g/mol. The molecule has 0 fully saturated rings. The molecule has 2 aromatic heterocycles. The monoisotopic (exact) mass is 294 g/mol. The molecule has 4 rings (SSSR count). The number of thiophene rings is 2. The SMILES string of the molecule is O=C(c1csc2ccccc12)c1cccc2ccsc12. The summed E-state index contributed by atoms with van der Waals surface area (Å²) in [5.74, 6) is 0.121. The van der Waals surface area contributed by atoms with Crippen molar-refractivity contribution in [2.24, 2.45) is 0 Å². The Labute approximate surface area is 124 Å². The van der Waals surface area contributed by atoms with E-state index < -0.39 is 0 Å². The molecule has 0 saturated heterocycles. The van der Waals surface area contributed by atoms with Crippen molar-refractivity contribution in [2.45, 2.75) is 0 Å². The summed E-state index contributed by atoms with van der Waals surface area (Å²) in [6, 6.07) is 16.1. The Hall–Kier alpha value is -1.97. The molecule has 20 heavy (non-hydrogen) atoms. The Kier molecular flexibility index (Phi) is 2.69. The van der Waals surface area contributed by atoms with Crippen LogP contribution in [0.15, 0.2) is 59.3 Å². The summed E-state index contributed by atoms with van der Waals surface area (Å²) in [6.45, 7) is 0. The van der Waals surface area contributed by atoms with Gasteiger partial charge in [0.25, 0.3) is 0 Å². The first-order valence-electron chi connectivity index (χ1n) is 6.32. The molecule has 0 radical (unpaired) electrons. The van der Waals surface area contributed by atoms with Crippen LogP contribution in [-0.2, 0) is 0 Å². The predicted molar refractivity (Wildman–Crippen MR) is 87.1 cm³/mol. The Morgan fingerprint density at radius 1 is 0.850 bits per heavy atom. The molecule has 96 valence electrons. The fraction of sp³-hybridized carbons (Fsp3) is 0. The molecule has 1 nitrogen and oxygen atoms in total. The minimum atomic E-state index is 0.121. The smallest absolute Gasteiger partial charge is 0.195 e. The highest BCUT2D eigenvalue weighted by Crippen LogP contribution is 2.31. The van der Waals surface area contributed by atoms with Gasteiger partial charge in [0.15, 0.2) is 5.78 Å². The minimum Gasteiger partial charge on any atom is -0.289 e. The van der Waals surface area contributed by atoms with Crippen molar-refractivity contribution in [3.8, 4) is 0 Å². The van der Waals surface area contributed by atoms with Crippen molar-refractivity contribution in [1.82, 2.24) is 0 Å². The highest BCUT2D eigenvalue weighted by atomic mass is 32.1. The summed E-state index contributed by atoms with van der Waals surface area (Å²) in [6.07, 6.45) is 0. The van der Waals surface area contributed by atoms with Gasteiger partial charge in [0.1, 0.15) is 0 Å². The van der Waals surface area contributed by atoms with Crippen molar-refractivity contribution in [3.05, 3.63) is 70.4 Å². The van der Waals surface area contributed by atoms with Crippen molar-refractivity contribution in [2.75, 3.05) is 0 Å². The predicted octanol–water partition coefficient (Wildman–Crippen LogP) is 5.35. The lowest BCUT2D eigenvalue weighted by molar-refractivity contribution is 0.104. The van der Waals surface area contributed by atoms with Gasteiger partial charge in [0, 0.05) is 31.3 Å². The number of carbonyl (C=O) groups is 1. The number of ketones is 1. The van der Waals surface area contributed by atoms with Crippen molar-refractivity contribution in [1.29, 1.82) is 0 Å². The second kappa shape index (κ2) is 4.54. The van der Waals surface area contributed by atoms with Gasteiger partial charge in [-0.2, -0.15) is 0 Å². The van der Waals surface area contributed by atoms with Crippen LogP contribution in [0.5, 0.6) is 0 Å². The highest BCUT2D eigenvalue weighted by Gasteiger charge is 2.16. The van der Waals surface area contributed by atoms with Gasteiger partial charge in [-0.25, -0.2) is 0 Å². The number of benzene rings is 2. The summed E-state index contributed by atoms with van der Waals surface area (Å²) in [7, 11) is 0. The lowest BCUT2D eigenvalue weighted by Gasteiger charge is -2.02. The molecule has 0 saturated carbocycles. The molecule has 0 bridgehead atoms. The second-order valence-corrected chi connectivity index (χ2v) is 6.45. The normalized spacial score (nSPS) is 11.2. The molecule has 3 heteroatoms. The van der Waals surface area contributed by atoms with Gasteiger partial charge in [-0.15, -0.1) is 22.7 Å². The van der Waals surface area contributed by atoms with Crippen LogP contribution in [0.1, 0.15) is 15.9 Å². The molecule has 0 aliphatic carbocycles. The quantitative estimate of drug-likeness (QED) is 0.456. The van der Waals surface area contributed by atoms with Crippen LogP contribution in [0.4, 0.5) is 0 Å². The van der Waals surface area contributed by atoms with E-state index in [1.165, 1.54) is 0 Å².